The van der Waals surface area contributed by atoms with Gasteiger partial charge in [-0.25, -0.2) is 0 Å². The Morgan fingerprint density at radius 3 is 1.24 bits per heavy atom. The predicted octanol–water partition coefficient (Wildman–Crippen LogP) is 11.2. The first kappa shape index (κ1) is 28.8. The van der Waals surface area contributed by atoms with Crippen molar-refractivity contribution in [1.29, 1.82) is 0 Å². The van der Waals surface area contributed by atoms with Crippen molar-refractivity contribution in [3.05, 3.63) is 0 Å². The van der Waals surface area contributed by atoms with Crippen molar-refractivity contribution in [1.82, 2.24) is 0 Å². The smallest absolute Gasteiger partial charge is 0.309 e. The van der Waals surface area contributed by atoms with E-state index in [2.05, 4.69) is 22.9 Å². The zero-order valence-corrected chi connectivity index (χ0v) is 30.0. The van der Waals surface area contributed by atoms with E-state index in [1.54, 1.807) is 77.0 Å². The molecule has 1 N–H and O–H groups in total. The molecule has 6 unspecified atom stereocenters. The van der Waals surface area contributed by atoms with Gasteiger partial charge in [0.25, 0.3) is 0 Å². The zero-order chi connectivity index (χ0) is 30.2. The molecule has 16 aliphatic rings. The van der Waals surface area contributed by atoms with Gasteiger partial charge in [0.05, 0.1) is 5.41 Å². The van der Waals surface area contributed by atoms with Crippen LogP contribution in [0.4, 0.5) is 0 Å². The minimum Gasteiger partial charge on any atom is -0.481 e. The van der Waals surface area contributed by atoms with Crippen LogP contribution in [0.15, 0.2) is 0 Å². The molecule has 45 heavy (non-hydrogen) atoms. The molecule has 0 aromatic rings. The van der Waals surface area contributed by atoms with E-state index in [1.165, 1.54) is 57.8 Å². The van der Waals surface area contributed by atoms with Gasteiger partial charge in [0.15, 0.2) is 0 Å². The third kappa shape index (κ3) is 3.89. The highest BCUT2D eigenvalue weighted by Crippen LogP contribution is 2.79. The van der Waals surface area contributed by atoms with Crippen LogP contribution in [-0.2, 0) is 4.79 Å². The molecule has 3 heteroatoms. The van der Waals surface area contributed by atoms with Crippen molar-refractivity contribution < 1.29 is 9.90 Å². The van der Waals surface area contributed by atoms with Crippen LogP contribution in [-0.4, -0.2) is 15.4 Å². The topological polar surface area (TPSA) is 37.3 Å². The second-order valence-electron chi connectivity index (χ2n) is 22.5. The van der Waals surface area contributed by atoms with Gasteiger partial charge in [0.2, 0.25) is 0 Å². The summed E-state index contributed by atoms with van der Waals surface area (Å²) in [6, 6.07) is 0. The standard InChI is InChI=1S/C21H29BrO2.C21H32/c22-21-9-15-2-16(10-21)8-20(7-15,12-21)19-5-13-1-14(6-19)4-18(3-13,11-19)17(23)24;1-19-6-17-5-18(7-19)12-21(11-17,13-19)20-8-14-2-15(9-20)4-16(3-14)10-20/h13-16H,1-12H2,(H,23,24);14-18H,2-13H2,1H3. The van der Waals surface area contributed by atoms with Gasteiger partial charge in [-0.05, 0) is 234 Å². The van der Waals surface area contributed by atoms with Gasteiger partial charge in [0, 0.05) is 4.32 Å². The first-order chi connectivity index (χ1) is 21.4. The highest BCUT2D eigenvalue weighted by molar-refractivity contribution is 9.10. The molecule has 16 bridgehead atoms. The van der Waals surface area contributed by atoms with Gasteiger partial charge in [-0.3, -0.25) is 4.79 Å². The fraction of sp³-hybridized carbons (Fsp3) is 0.976. The molecular formula is C42H61BrO2. The van der Waals surface area contributed by atoms with E-state index < -0.39 is 5.97 Å². The lowest BCUT2D eigenvalue weighted by Crippen LogP contribution is -2.65. The van der Waals surface area contributed by atoms with Crippen molar-refractivity contribution in [2.75, 3.05) is 0 Å². The SMILES string of the molecule is CC12CC3CC(C1)CC(C14CC5CC(CC(C5)C1)C4)(C3)C2.O=C(O)C12CC3CC(C1)CC(C14CC5CC(CC(Br)(C5)C1)C4)(C3)C2. The van der Waals surface area contributed by atoms with E-state index in [-0.39, 0.29) is 5.41 Å². The van der Waals surface area contributed by atoms with E-state index in [1.807, 2.05) is 0 Å². The van der Waals surface area contributed by atoms with E-state index in [4.69, 9.17) is 0 Å². The van der Waals surface area contributed by atoms with E-state index in [0.29, 0.717) is 27.0 Å². The minimum atomic E-state index is -0.459. The molecular weight excluding hydrogens is 616 g/mol. The fourth-order valence-corrected chi connectivity index (χ4v) is 21.5. The van der Waals surface area contributed by atoms with Crippen molar-refractivity contribution >= 4 is 21.9 Å². The summed E-state index contributed by atoms with van der Waals surface area (Å²) in [4.78, 5) is 12.3. The Bertz CT molecular complexity index is 1230. The third-order valence-corrected chi connectivity index (χ3v) is 20.1. The van der Waals surface area contributed by atoms with Gasteiger partial charge in [-0.2, -0.15) is 0 Å². The Morgan fingerprint density at radius 2 is 0.822 bits per heavy atom. The molecule has 0 heterocycles. The average Bonchev–Trinajstić information content (AvgIpc) is 2.89. The summed E-state index contributed by atoms with van der Waals surface area (Å²) in [5.41, 5.74) is 2.90. The Labute approximate surface area is 281 Å². The molecule has 0 saturated heterocycles. The summed E-state index contributed by atoms with van der Waals surface area (Å²) < 4.78 is 0.400. The van der Waals surface area contributed by atoms with Crippen LogP contribution >= 0.6 is 15.9 Å². The average molecular weight is 678 g/mol. The second kappa shape index (κ2) is 8.81. The van der Waals surface area contributed by atoms with Crippen molar-refractivity contribution in [2.24, 2.45) is 85.8 Å². The maximum Gasteiger partial charge on any atom is 0.309 e. The Hall–Kier alpha value is -0.0500. The Balaban J connectivity index is 0.000000113. The summed E-state index contributed by atoms with van der Waals surface area (Å²) in [6.07, 6.45) is 35.1. The number of halogens is 1. The van der Waals surface area contributed by atoms with Gasteiger partial charge >= 0.3 is 5.97 Å². The molecule has 0 spiro atoms. The first-order valence-electron chi connectivity index (χ1n) is 20.3. The maximum absolute atomic E-state index is 12.3. The largest absolute Gasteiger partial charge is 0.481 e. The summed E-state index contributed by atoms with van der Waals surface area (Å²) in [7, 11) is 0. The second-order valence-corrected chi connectivity index (χ2v) is 24.2. The number of alkyl halides is 1. The van der Waals surface area contributed by atoms with Crippen molar-refractivity contribution in [2.45, 2.75) is 165 Å². The molecule has 2 nitrogen and oxygen atoms in total. The van der Waals surface area contributed by atoms with Crippen LogP contribution in [0.1, 0.15) is 161 Å². The van der Waals surface area contributed by atoms with Gasteiger partial charge in [-0.1, -0.05) is 22.9 Å². The zero-order valence-electron chi connectivity index (χ0n) is 28.4. The van der Waals surface area contributed by atoms with E-state index in [0.717, 1.165) is 76.9 Å². The normalized spacial score (nSPS) is 64.9. The number of carboxylic acids is 1. The lowest BCUT2D eigenvalue weighted by Gasteiger charge is -2.72. The first-order valence-corrected chi connectivity index (χ1v) is 21.1. The number of carbonyl (C=O) groups is 1. The molecule has 0 radical (unpaired) electrons. The quantitative estimate of drug-likeness (QED) is 0.302. The van der Waals surface area contributed by atoms with Gasteiger partial charge in [-0.15, -0.1) is 0 Å². The van der Waals surface area contributed by atoms with E-state index in [9.17, 15) is 9.90 Å². The molecule has 0 aromatic heterocycles. The van der Waals surface area contributed by atoms with Crippen LogP contribution in [0.3, 0.4) is 0 Å². The Kier molecular flexibility index (Phi) is 5.63. The lowest BCUT2D eigenvalue weighted by atomic mass is 9.33. The van der Waals surface area contributed by atoms with Crippen LogP contribution in [0.2, 0.25) is 0 Å². The van der Waals surface area contributed by atoms with Crippen LogP contribution in [0.25, 0.3) is 0 Å². The summed E-state index contributed by atoms with van der Waals surface area (Å²) in [6.45, 7) is 2.68. The molecule has 248 valence electrons. The van der Waals surface area contributed by atoms with E-state index >= 15 is 0 Å². The summed E-state index contributed by atoms with van der Waals surface area (Å²) >= 11 is 4.20. The number of carboxylic acid groups (broad SMARTS) is 1. The highest BCUT2D eigenvalue weighted by Gasteiger charge is 2.71. The molecule has 16 rings (SSSR count). The summed E-state index contributed by atoms with van der Waals surface area (Å²) in [5, 5.41) is 10.1. The monoisotopic (exact) mass is 676 g/mol. The molecule has 0 amide bonds. The number of rotatable bonds is 3. The van der Waals surface area contributed by atoms with Crippen molar-refractivity contribution in [3.63, 3.8) is 0 Å². The molecule has 16 aliphatic carbocycles. The predicted molar refractivity (Wildman–Crippen MR) is 182 cm³/mol. The van der Waals surface area contributed by atoms with Crippen LogP contribution < -0.4 is 0 Å². The third-order valence-electron chi connectivity index (χ3n) is 19.1. The maximum atomic E-state index is 12.3. The Morgan fingerprint density at radius 1 is 0.467 bits per heavy atom. The number of hydrogen-bond acceptors (Lipinski definition) is 1. The van der Waals surface area contributed by atoms with Crippen LogP contribution in [0.5, 0.6) is 0 Å². The molecule has 0 aliphatic heterocycles. The molecule has 6 atom stereocenters. The summed E-state index contributed by atoms with van der Waals surface area (Å²) in [5.74, 6) is 8.50. The molecule has 0 aromatic carbocycles. The fourth-order valence-electron chi connectivity index (χ4n) is 20.0. The van der Waals surface area contributed by atoms with Crippen LogP contribution in [0, 0.1) is 85.8 Å². The molecule has 16 saturated carbocycles. The van der Waals surface area contributed by atoms with Crippen molar-refractivity contribution in [3.8, 4) is 0 Å². The van der Waals surface area contributed by atoms with Gasteiger partial charge < -0.3 is 5.11 Å². The number of aliphatic carboxylic acids is 1. The highest BCUT2D eigenvalue weighted by atomic mass is 79.9. The van der Waals surface area contributed by atoms with Gasteiger partial charge in [0.1, 0.15) is 0 Å². The minimum absolute atomic E-state index is 0.354. The molecule has 16 fully saturated rings. The lowest BCUT2D eigenvalue weighted by molar-refractivity contribution is -0.222. The number of hydrogen-bond donors (Lipinski definition) is 1.